The minimum Gasteiger partial charge on any atom is -0.361 e. The molecule has 2 heterocycles. The molecule has 5 nitrogen and oxygen atoms in total. The van der Waals surface area contributed by atoms with Crippen LogP contribution in [0.25, 0.3) is 0 Å². The average Bonchev–Trinajstić information content (AvgIpc) is 3.08. The molecule has 1 atom stereocenters. The third-order valence-corrected chi connectivity index (χ3v) is 6.58. The summed E-state index contributed by atoms with van der Waals surface area (Å²) in [5.41, 5.74) is 5.35. The number of carbonyl (C=O) groups is 1. The average molecular weight is 408 g/mol. The second-order valence-electron chi connectivity index (χ2n) is 7.45. The summed E-state index contributed by atoms with van der Waals surface area (Å²) in [5, 5.41) is 7.87. The Labute approximate surface area is 175 Å². The second kappa shape index (κ2) is 8.82. The maximum absolute atomic E-state index is 12.9. The standard InChI is InChI=1S/C23H25N3O2S/c1-15-21(16(2)28-26-15)14-29-23-20(11-6-12-24-23)22(27)25-13-18-9-5-8-17-7-3-4-10-19(17)18/h3-4,6-7,10-12,18H,5,8-9,13-14H2,1-2H3,(H,25,27). The fourth-order valence-corrected chi connectivity index (χ4v) is 5.05. The van der Waals surface area contributed by atoms with Gasteiger partial charge in [0, 0.05) is 30.0 Å². The number of carbonyl (C=O) groups excluding carboxylic acids is 1. The summed E-state index contributed by atoms with van der Waals surface area (Å²) in [6.45, 7) is 4.49. The van der Waals surface area contributed by atoms with Crippen LogP contribution in [-0.4, -0.2) is 22.6 Å². The van der Waals surface area contributed by atoms with E-state index in [1.165, 1.54) is 29.3 Å². The fourth-order valence-electron chi connectivity index (χ4n) is 3.90. The van der Waals surface area contributed by atoms with Crippen LogP contribution < -0.4 is 5.32 Å². The van der Waals surface area contributed by atoms with Gasteiger partial charge in [-0.25, -0.2) is 4.98 Å². The van der Waals surface area contributed by atoms with E-state index in [1.54, 1.807) is 6.20 Å². The summed E-state index contributed by atoms with van der Waals surface area (Å²) in [7, 11) is 0. The first-order chi connectivity index (χ1) is 14.1. The van der Waals surface area contributed by atoms with E-state index in [1.807, 2.05) is 26.0 Å². The molecule has 0 radical (unpaired) electrons. The summed E-state index contributed by atoms with van der Waals surface area (Å²) >= 11 is 1.54. The Balaban J connectivity index is 1.43. The lowest BCUT2D eigenvalue weighted by atomic mass is 9.83. The van der Waals surface area contributed by atoms with Crippen molar-refractivity contribution in [1.29, 1.82) is 0 Å². The normalized spacial score (nSPS) is 15.7. The van der Waals surface area contributed by atoms with Crippen LogP contribution in [-0.2, 0) is 12.2 Å². The van der Waals surface area contributed by atoms with E-state index < -0.39 is 0 Å². The molecule has 3 aromatic rings. The SMILES string of the molecule is Cc1noc(C)c1CSc1ncccc1C(=O)NCC1CCCc2ccccc21. The molecule has 1 aliphatic rings. The van der Waals surface area contributed by atoms with Gasteiger partial charge in [-0.15, -0.1) is 11.8 Å². The highest BCUT2D eigenvalue weighted by Crippen LogP contribution is 2.31. The number of aromatic nitrogens is 2. The first-order valence-corrected chi connectivity index (χ1v) is 11.0. The number of rotatable bonds is 6. The van der Waals surface area contributed by atoms with Gasteiger partial charge in [0.1, 0.15) is 10.8 Å². The predicted octanol–water partition coefficient (Wildman–Crippen LogP) is 4.83. The number of nitrogens with zero attached hydrogens (tertiary/aromatic N) is 2. The molecular formula is C23H25N3O2S. The quantitative estimate of drug-likeness (QED) is 0.593. The zero-order chi connectivity index (χ0) is 20.2. The summed E-state index contributed by atoms with van der Waals surface area (Å²) in [5.74, 6) is 1.79. The first kappa shape index (κ1) is 19.7. The highest BCUT2D eigenvalue weighted by Gasteiger charge is 2.21. The second-order valence-corrected chi connectivity index (χ2v) is 8.41. The van der Waals surface area contributed by atoms with Crippen molar-refractivity contribution >= 4 is 17.7 Å². The van der Waals surface area contributed by atoms with Gasteiger partial charge in [0.2, 0.25) is 0 Å². The van der Waals surface area contributed by atoms with E-state index in [-0.39, 0.29) is 5.91 Å². The predicted molar refractivity (Wildman–Crippen MR) is 114 cm³/mol. The first-order valence-electron chi connectivity index (χ1n) is 9.99. The highest BCUT2D eigenvalue weighted by atomic mass is 32.2. The molecule has 29 heavy (non-hydrogen) atoms. The van der Waals surface area contributed by atoms with Crippen LogP contribution >= 0.6 is 11.8 Å². The number of pyridine rings is 1. The molecule has 1 N–H and O–H groups in total. The number of thioether (sulfide) groups is 1. The minimum absolute atomic E-state index is 0.0672. The van der Waals surface area contributed by atoms with Crippen molar-refractivity contribution < 1.29 is 9.32 Å². The molecule has 0 spiro atoms. The summed E-state index contributed by atoms with van der Waals surface area (Å²) < 4.78 is 5.23. The number of aryl methyl sites for hydroxylation is 3. The molecule has 0 saturated carbocycles. The number of amides is 1. The number of nitrogens with one attached hydrogen (secondary N) is 1. The number of benzene rings is 1. The van der Waals surface area contributed by atoms with Gasteiger partial charge in [0.25, 0.3) is 5.91 Å². The smallest absolute Gasteiger partial charge is 0.254 e. The zero-order valence-electron chi connectivity index (χ0n) is 16.8. The maximum atomic E-state index is 12.9. The van der Waals surface area contributed by atoms with E-state index >= 15 is 0 Å². The van der Waals surface area contributed by atoms with Crippen LogP contribution in [0, 0.1) is 13.8 Å². The van der Waals surface area contributed by atoms with Crippen LogP contribution in [0.1, 0.15) is 57.3 Å². The minimum atomic E-state index is -0.0672. The molecule has 4 rings (SSSR count). The van der Waals surface area contributed by atoms with Crippen molar-refractivity contribution in [3.63, 3.8) is 0 Å². The van der Waals surface area contributed by atoms with Crippen LogP contribution in [0.5, 0.6) is 0 Å². The topological polar surface area (TPSA) is 68.0 Å². The number of hydrogen-bond donors (Lipinski definition) is 1. The van der Waals surface area contributed by atoms with Crippen molar-refractivity contribution in [3.05, 3.63) is 76.3 Å². The Bertz CT molecular complexity index is 995. The van der Waals surface area contributed by atoms with Gasteiger partial charge in [0.05, 0.1) is 11.3 Å². The van der Waals surface area contributed by atoms with E-state index in [2.05, 4.69) is 39.7 Å². The monoisotopic (exact) mass is 407 g/mol. The van der Waals surface area contributed by atoms with Gasteiger partial charge in [0.15, 0.2) is 0 Å². The van der Waals surface area contributed by atoms with Crippen molar-refractivity contribution in [2.24, 2.45) is 0 Å². The van der Waals surface area contributed by atoms with Crippen molar-refractivity contribution in [3.8, 4) is 0 Å². The Kier molecular flexibility index (Phi) is 6.00. The molecule has 0 bridgehead atoms. The largest absolute Gasteiger partial charge is 0.361 e. The Hall–Kier alpha value is -2.60. The van der Waals surface area contributed by atoms with Crippen molar-refractivity contribution in [1.82, 2.24) is 15.5 Å². The molecule has 6 heteroatoms. The summed E-state index contributed by atoms with van der Waals surface area (Å²) in [6, 6.07) is 12.2. The zero-order valence-corrected chi connectivity index (χ0v) is 17.6. The van der Waals surface area contributed by atoms with Gasteiger partial charge < -0.3 is 9.84 Å². The van der Waals surface area contributed by atoms with Gasteiger partial charge in [-0.05, 0) is 56.4 Å². The molecule has 1 aliphatic carbocycles. The number of hydrogen-bond acceptors (Lipinski definition) is 5. The van der Waals surface area contributed by atoms with Gasteiger partial charge in [-0.2, -0.15) is 0 Å². The Morgan fingerprint density at radius 3 is 2.93 bits per heavy atom. The molecular weight excluding hydrogens is 382 g/mol. The molecule has 0 fully saturated rings. The lowest BCUT2D eigenvalue weighted by Gasteiger charge is -2.25. The molecule has 1 amide bonds. The van der Waals surface area contributed by atoms with E-state index in [9.17, 15) is 4.79 Å². The molecule has 2 aromatic heterocycles. The van der Waals surface area contributed by atoms with Crippen LogP contribution in [0.15, 0.2) is 52.1 Å². The molecule has 0 aliphatic heterocycles. The maximum Gasteiger partial charge on any atom is 0.254 e. The van der Waals surface area contributed by atoms with E-state index in [0.29, 0.717) is 23.8 Å². The molecule has 150 valence electrons. The lowest BCUT2D eigenvalue weighted by Crippen LogP contribution is -2.30. The van der Waals surface area contributed by atoms with E-state index in [4.69, 9.17) is 4.52 Å². The molecule has 1 aromatic carbocycles. The van der Waals surface area contributed by atoms with Crippen molar-refractivity contribution in [2.75, 3.05) is 6.54 Å². The molecule has 1 unspecified atom stereocenters. The fraction of sp³-hybridized carbons (Fsp3) is 0.348. The highest BCUT2D eigenvalue weighted by molar-refractivity contribution is 7.98. The van der Waals surface area contributed by atoms with Crippen molar-refractivity contribution in [2.45, 2.75) is 49.8 Å². The van der Waals surface area contributed by atoms with Crippen LogP contribution in [0.2, 0.25) is 0 Å². The lowest BCUT2D eigenvalue weighted by molar-refractivity contribution is 0.0946. The third kappa shape index (κ3) is 4.37. The third-order valence-electron chi connectivity index (χ3n) is 5.55. The molecule has 0 saturated heterocycles. The van der Waals surface area contributed by atoms with Gasteiger partial charge >= 0.3 is 0 Å². The summed E-state index contributed by atoms with van der Waals surface area (Å²) in [6.07, 6.45) is 5.14. The van der Waals surface area contributed by atoms with Crippen LogP contribution in [0.4, 0.5) is 0 Å². The van der Waals surface area contributed by atoms with Gasteiger partial charge in [-0.1, -0.05) is 29.4 Å². The Morgan fingerprint density at radius 2 is 2.10 bits per heavy atom. The Morgan fingerprint density at radius 1 is 1.24 bits per heavy atom. The van der Waals surface area contributed by atoms with Crippen LogP contribution in [0.3, 0.4) is 0 Å². The number of fused-ring (bicyclic) bond motifs is 1. The van der Waals surface area contributed by atoms with E-state index in [0.717, 1.165) is 34.9 Å². The summed E-state index contributed by atoms with van der Waals surface area (Å²) in [4.78, 5) is 17.4. The van der Waals surface area contributed by atoms with Gasteiger partial charge in [-0.3, -0.25) is 4.79 Å².